The van der Waals surface area contributed by atoms with Gasteiger partial charge in [-0.25, -0.2) is 0 Å². The predicted molar refractivity (Wildman–Crippen MR) is 100 cm³/mol. The van der Waals surface area contributed by atoms with Crippen LogP contribution < -0.4 is 0 Å². The fraction of sp³-hybridized carbons (Fsp3) is 0.800. The zero-order chi connectivity index (χ0) is 15.0. The summed E-state index contributed by atoms with van der Waals surface area (Å²) in [5.74, 6) is 0. The zero-order valence-electron chi connectivity index (χ0n) is 13.9. The van der Waals surface area contributed by atoms with Crippen LogP contribution in [0.1, 0.15) is 96.3 Å². The van der Waals surface area contributed by atoms with E-state index in [9.17, 15) is 0 Å². The molecule has 0 aliphatic heterocycles. The molecule has 1 rings (SSSR count). The molecule has 0 radical (unpaired) electrons. The molecule has 1 heteroatoms. The predicted octanol–water partition coefficient (Wildman–Crippen LogP) is 7.26. The lowest BCUT2D eigenvalue weighted by atomic mass is 10.1. The summed E-state index contributed by atoms with van der Waals surface area (Å²) < 4.78 is 0. The molecule has 0 nitrogen and oxygen atoms in total. The van der Waals surface area contributed by atoms with E-state index >= 15 is 0 Å². The van der Waals surface area contributed by atoms with Gasteiger partial charge in [0.2, 0.25) is 0 Å². The number of rotatable bonds is 0. The summed E-state index contributed by atoms with van der Waals surface area (Å²) in [6.07, 6.45) is 29.8. The molecule has 21 heavy (non-hydrogen) atoms. The Balaban J connectivity index is 2.19. The Hall–Kier alpha value is -0.170. The van der Waals surface area contributed by atoms with Gasteiger partial charge in [-0.15, -0.1) is 0 Å². The maximum atomic E-state index is 4.71. The highest BCUT2D eigenvalue weighted by molar-refractivity contribution is 7.80. The van der Waals surface area contributed by atoms with Gasteiger partial charge in [-0.2, -0.15) is 12.6 Å². The lowest BCUT2D eigenvalue weighted by Gasteiger charge is -2.07. The lowest BCUT2D eigenvalue weighted by molar-refractivity contribution is 0.588. The van der Waals surface area contributed by atoms with Gasteiger partial charge in [0, 0.05) is 5.25 Å². The molecule has 1 aliphatic rings. The second-order valence-electron chi connectivity index (χ2n) is 6.52. The van der Waals surface area contributed by atoms with Crippen molar-refractivity contribution in [2.24, 2.45) is 0 Å². The second kappa shape index (κ2) is 14.8. The Morgan fingerprint density at radius 1 is 0.524 bits per heavy atom. The quantitative estimate of drug-likeness (QED) is 0.353. The van der Waals surface area contributed by atoms with Crippen LogP contribution in [0.5, 0.6) is 0 Å². The van der Waals surface area contributed by atoms with Crippen LogP contribution >= 0.6 is 12.6 Å². The van der Waals surface area contributed by atoms with Crippen molar-refractivity contribution in [1.82, 2.24) is 0 Å². The molecule has 1 aliphatic carbocycles. The number of allylic oxidation sites excluding steroid dienone is 4. The molecule has 0 aromatic carbocycles. The lowest BCUT2D eigenvalue weighted by Crippen LogP contribution is -1.96. The van der Waals surface area contributed by atoms with Crippen molar-refractivity contribution < 1.29 is 0 Å². The zero-order valence-corrected chi connectivity index (χ0v) is 14.8. The van der Waals surface area contributed by atoms with Gasteiger partial charge in [0.05, 0.1) is 0 Å². The van der Waals surface area contributed by atoms with Crippen molar-refractivity contribution in [1.29, 1.82) is 0 Å². The van der Waals surface area contributed by atoms with Crippen molar-refractivity contribution in [3.05, 3.63) is 24.3 Å². The maximum Gasteiger partial charge on any atom is 0.00513 e. The van der Waals surface area contributed by atoms with Gasteiger partial charge in [0.15, 0.2) is 0 Å². The molecule has 0 N–H and O–H groups in total. The molecule has 0 heterocycles. The van der Waals surface area contributed by atoms with Crippen molar-refractivity contribution in [3.8, 4) is 0 Å². The number of hydrogen-bond acceptors (Lipinski definition) is 1. The summed E-state index contributed by atoms with van der Waals surface area (Å²) in [6.45, 7) is 0. The van der Waals surface area contributed by atoms with Crippen molar-refractivity contribution in [3.63, 3.8) is 0 Å². The minimum Gasteiger partial charge on any atom is -0.176 e. The minimum absolute atomic E-state index is 0.578. The van der Waals surface area contributed by atoms with E-state index in [0.29, 0.717) is 5.25 Å². The van der Waals surface area contributed by atoms with Gasteiger partial charge in [0.25, 0.3) is 0 Å². The average Bonchev–Trinajstić information content (AvgIpc) is 2.48. The molecular formula is C20H36S. The van der Waals surface area contributed by atoms with Gasteiger partial charge in [-0.05, 0) is 51.4 Å². The Morgan fingerprint density at radius 2 is 0.952 bits per heavy atom. The van der Waals surface area contributed by atoms with E-state index < -0.39 is 0 Å². The molecule has 1 atom stereocenters. The van der Waals surface area contributed by atoms with Crippen LogP contribution in [0, 0.1) is 0 Å². The molecule has 0 aromatic rings. The fourth-order valence-corrected chi connectivity index (χ4v) is 3.26. The van der Waals surface area contributed by atoms with Gasteiger partial charge in [-0.3, -0.25) is 0 Å². The van der Waals surface area contributed by atoms with Crippen LogP contribution in [0.2, 0.25) is 0 Å². The van der Waals surface area contributed by atoms with Crippen LogP contribution in [0.25, 0.3) is 0 Å². The molecule has 0 fully saturated rings. The number of hydrogen-bond donors (Lipinski definition) is 1. The molecule has 0 saturated carbocycles. The first-order chi connectivity index (χ1) is 10.4. The molecular weight excluding hydrogens is 272 g/mol. The standard InChI is InChI=1S/C20H36S/c21-20-18-16-14-12-10-8-6-4-2-1-3-5-7-9-11-13-15-17-19-20/h2,4,15,17,20-21H,1,3,5-14,16,18-19H2/b4-2+,17-15+. The van der Waals surface area contributed by atoms with Crippen molar-refractivity contribution in [2.45, 2.75) is 102 Å². The summed E-state index contributed by atoms with van der Waals surface area (Å²) in [5.41, 5.74) is 0. The molecule has 122 valence electrons. The van der Waals surface area contributed by atoms with Crippen LogP contribution in [0.15, 0.2) is 24.3 Å². The van der Waals surface area contributed by atoms with E-state index in [4.69, 9.17) is 12.6 Å². The second-order valence-corrected chi connectivity index (χ2v) is 7.25. The summed E-state index contributed by atoms with van der Waals surface area (Å²) in [6, 6.07) is 0. The van der Waals surface area contributed by atoms with E-state index in [0.717, 1.165) is 6.42 Å². The van der Waals surface area contributed by atoms with E-state index in [1.54, 1.807) is 0 Å². The molecule has 0 aromatic heterocycles. The van der Waals surface area contributed by atoms with Gasteiger partial charge in [-0.1, -0.05) is 69.2 Å². The normalized spacial score (nSPS) is 28.5. The summed E-state index contributed by atoms with van der Waals surface area (Å²) >= 11 is 4.71. The maximum absolute atomic E-state index is 4.71. The Bertz CT molecular complexity index is 267. The largest absolute Gasteiger partial charge is 0.176 e. The van der Waals surface area contributed by atoms with Crippen LogP contribution in [-0.2, 0) is 0 Å². The Morgan fingerprint density at radius 3 is 1.52 bits per heavy atom. The summed E-state index contributed by atoms with van der Waals surface area (Å²) in [7, 11) is 0. The van der Waals surface area contributed by atoms with E-state index in [1.165, 1.54) is 89.9 Å². The van der Waals surface area contributed by atoms with Crippen molar-refractivity contribution >= 4 is 12.6 Å². The Labute approximate surface area is 138 Å². The topological polar surface area (TPSA) is 0 Å². The molecule has 0 spiro atoms. The molecule has 0 amide bonds. The highest BCUT2D eigenvalue weighted by atomic mass is 32.1. The van der Waals surface area contributed by atoms with Crippen LogP contribution in [0.3, 0.4) is 0 Å². The first-order valence-electron chi connectivity index (χ1n) is 9.37. The Kier molecular flexibility index (Phi) is 13.3. The van der Waals surface area contributed by atoms with E-state index in [2.05, 4.69) is 24.3 Å². The number of thiol groups is 1. The third kappa shape index (κ3) is 13.2. The van der Waals surface area contributed by atoms with Crippen LogP contribution in [0.4, 0.5) is 0 Å². The molecule has 0 bridgehead atoms. The summed E-state index contributed by atoms with van der Waals surface area (Å²) in [5, 5.41) is 0.578. The van der Waals surface area contributed by atoms with Crippen molar-refractivity contribution in [2.75, 3.05) is 0 Å². The first kappa shape index (κ1) is 18.9. The average molecular weight is 309 g/mol. The molecule has 0 saturated heterocycles. The SMILES string of the molecule is SC1C/C=C/CCCCCCC/C=C/CCCCCCC1. The summed E-state index contributed by atoms with van der Waals surface area (Å²) in [4.78, 5) is 0. The monoisotopic (exact) mass is 308 g/mol. The third-order valence-corrected chi connectivity index (χ3v) is 4.86. The highest BCUT2D eigenvalue weighted by Crippen LogP contribution is 2.15. The van der Waals surface area contributed by atoms with Gasteiger partial charge in [0.1, 0.15) is 0 Å². The fourth-order valence-electron chi connectivity index (χ4n) is 2.95. The molecule has 1 unspecified atom stereocenters. The first-order valence-corrected chi connectivity index (χ1v) is 9.89. The van der Waals surface area contributed by atoms with Crippen LogP contribution in [-0.4, -0.2) is 5.25 Å². The third-order valence-electron chi connectivity index (χ3n) is 4.39. The van der Waals surface area contributed by atoms with Gasteiger partial charge >= 0.3 is 0 Å². The van der Waals surface area contributed by atoms with E-state index in [1.807, 2.05) is 0 Å². The van der Waals surface area contributed by atoms with E-state index in [-0.39, 0.29) is 0 Å². The minimum atomic E-state index is 0.578. The van der Waals surface area contributed by atoms with Gasteiger partial charge < -0.3 is 0 Å². The highest BCUT2D eigenvalue weighted by Gasteiger charge is 2.00. The smallest absolute Gasteiger partial charge is 0.00513 e.